The van der Waals surface area contributed by atoms with Crippen LogP contribution in [-0.2, 0) is 0 Å². The van der Waals surface area contributed by atoms with Crippen molar-refractivity contribution in [2.45, 2.75) is 45.1 Å². The minimum Gasteiger partial charge on any atom is -0.389 e. The zero-order valence-electron chi connectivity index (χ0n) is 11.1. The number of nitrogens with two attached hydrogens (primary N) is 1. The highest BCUT2D eigenvalue weighted by molar-refractivity contribution is 5.17. The number of hydrogen-bond donors (Lipinski definition) is 2. The van der Waals surface area contributed by atoms with Crippen molar-refractivity contribution >= 4 is 0 Å². The van der Waals surface area contributed by atoms with Gasteiger partial charge in [-0.3, -0.25) is 0 Å². The van der Waals surface area contributed by atoms with Gasteiger partial charge in [0.2, 0.25) is 0 Å². The largest absolute Gasteiger partial charge is 0.389 e. The molecule has 0 aliphatic heterocycles. The molecule has 0 aromatic carbocycles. The molecular weight excluding hydrogens is 210 g/mol. The van der Waals surface area contributed by atoms with Gasteiger partial charge in [0.25, 0.3) is 0 Å². The van der Waals surface area contributed by atoms with Gasteiger partial charge in [0.05, 0.1) is 5.60 Å². The Kier molecular flexibility index (Phi) is 4.72. The molecule has 0 bridgehead atoms. The molecule has 17 heavy (non-hydrogen) atoms. The van der Waals surface area contributed by atoms with Crippen LogP contribution in [0.2, 0.25) is 0 Å². The molecule has 3 N–H and O–H groups in total. The third kappa shape index (κ3) is 3.83. The summed E-state index contributed by atoms with van der Waals surface area (Å²) in [7, 11) is 0. The zero-order valence-corrected chi connectivity index (χ0v) is 11.1. The lowest BCUT2D eigenvalue weighted by atomic mass is 9.78. The van der Waals surface area contributed by atoms with Gasteiger partial charge >= 0.3 is 0 Å². The van der Waals surface area contributed by atoms with Crippen LogP contribution in [0, 0.1) is 5.41 Å². The van der Waals surface area contributed by atoms with Gasteiger partial charge in [-0.05, 0) is 32.6 Å². The van der Waals surface area contributed by atoms with Gasteiger partial charge in [0.15, 0.2) is 0 Å². The van der Waals surface area contributed by atoms with Crippen molar-refractivity contribution < 1.29 is 5.11 Å². The molecule has 1 fully saturated rings. The lowest BCUT2D eigenvalue weighted by Crippen LogP contribution is -2.40. The first kappa shape index (κ1) is 14.2. The van der Waals surface area contributed by atoms with E-state index in [1.807, 2.05) is 25.2 Å². The van der Waals surface area contributed by atoms with Gasteiger partial charge in [-0.1, -0.05) is 43.4 Å². The molecule has 0 aromatic heterocycles. The van der Waals surface area contributed by atoms with E-state index < -0.39 is 5.60 Å². The summed E-state index contributed by atoms with van der Waals surface area (Å²) in [5, 5.41) is 10.2. The van der Waals surface area contributed by atoms with E-state index in [2.05, 4.69) is 19.6 Å². The van der Waals surface area contributed by atoms with E-state index in [9.17, 15) is 5.11 Å². The Bertz CT molecular complexity index is 326. The number of rotatable bonds is 7. The summed E-state index contributed by atoms with van der Waals surface area (Å²) < 4.78 is 0. The van der Waals surface area contributed by atoms with Gasteiger partial charge in [-0.15, -0.1) is 0 Å². The van der Waals surface area contributed by atoms with Gasteiger partial charge < -0.3 is 10.8 Å². The van der Waals surface area contributed by atoms with Crippen LogP contribution in [0.25, 0.3) is 0 Å². The average Bonchev–Trinajstić information content (AvgIpc) is 3.02. The van der Waals surface area contributed by atoms with E-state index >= 15 is 0 Å². The molecule has 0 amide bonds. The SMILES string of the molecule is C=C(C)/C=C\C=C/CCC(C)(CN)C1(O)CC1. The highest BCUT2D eigenvalue weighted by Crippen LogP contribution is 2.51. The van der Waals surface area contributed by atoms with E-state index in [4.69, 9.17) is 5.73 Å². The molecule has 1 aliphatic carbocycles. The maximum Gasteiger partial charge on any atom is 0.0715 e. The average molecular weight is 235 g/mol. The number of allylic oxidation sites excluding steroid dienone is 5. The molecule has 96 valence electrons. The van der Waals surface area contributed by atoms with Crippen LogP contribution in [0.5, 0.6) is 0 Å². The lowest BCUT2D eigenvalue weighted by molar-refractivity contribution is 0.0129. The fourth-order valence-electron chi connectivity index (χ4n) is 2.04. The van der Waals surface area contributed by atoms with Gasteiger partial charge in [0, 0.05) is 12.0 Å². The first-order valence-electron chi connectivity index (χ1n) is 6.35. The fourth-order valence-corrected chi connectivity index (χ4v) is 2.04. The minimum atomic E-state index is -0.497. The molecule has 1 aliphatic rings. The molecular formula is C15H25NO. The molecule has 0 spiro atoms. The topological polar surface area (TPSA) is 46.2 Å². The van der Waals surface area contributed by atoms with Crippen LogP contribution in [-0.4, -0.2) is 17.3 Å². The second-order valence-corrected chi connectivity index (χ2v) is 5.47. The molecule has 2 heteroatoms. The summed E-state index contributed by atoms with van der Waals surface area (Å²) in [6.45, 7) is 8.42. The van der Waals surface area contributed by atoms with Gasteiger partial charge in [0.1, 0.15) is 0 Å². The van der Waals surface area contributed by atoms with Crippen molar-refractivity contribution in [3.63, 3.8) is 0 Å². The predicted octanol–water partition coefficient (Wildman–Crippen LogP) is 2.95. The standard InChI is InChI=1S/C15H25NO/c1-13(2)8-6-4-5-7-9-14(3,12-16)15(17)10-11-15/h4-6,8,17H,1,7,9-12,16H2,2-3H3/b5-4-,8-6-. The van der Waals surface area contributed by atoms with Crippen molar-refractivity contribution in [2.75, 3.05) is 6.54 Å². The summed E-state index contributed by atoms with van der Waals surface area (Å²) >= 11 is 0. The lowest BCUT2D eigenvalue weighted by Gasteiger charge is -2.33. The van der Waals surface area contributed by atoms with Crippen molar-refractivity contribution in [1.82, 2.24) is 0 Å². The summed E-state index contributed by atoms with van der Waals surface area (Å²) in [5.74, 6) is 0. The normalized spacial score (nSPS) is 21.9. The van der Waals surface area contributed by atoms with E-state index in [1.165, 1.54) is 0 Å². The van der Waals surface area contributed by atoms with Crippen molar-refractivity contribution in [3.8, 4) is 0 Å². The van der Waals surface area contributed by atoms with Crippen molar-refractivity contribution in [1.29, 1.82) is 0 Å². The van der Waals surface area contributed by atoms with Crippen LogP contribution in [0.1, 0.15) is 39.5 Å². The Labute approximate surface area is 105 Å². The predicted molar refractivity (Wildman–Crippen MR) is 73.7 cm³/mol. The fraction of sp³-hybridized carbons (Fsp3) is 0.600. The summed E-state index contributed by atoms with van der Waals surface area (Å²) in [5.41, 5.74) is 6.23. The molecule has 1 unspecified atom stereocenters. The summed E-state index contributed by atoms with van der Waals surface area (Å²) in [6, 6.07) is 0. The Balaban J connectivity index is 2.36. The molecule has 1 atom stereocenters. The summed E-state index contributed by atoms with van der Waals surface area (Å²) in [4.78, 5) is 0. The molecule has 0 radical (unpaired) electrons. The van der Waals surface area contributed by atoms with Gasteiger partial charge in [-0.2, -0.15) is 0 Å². The van der Waals surface area contributed by atoms with Crippen LogP contribution in [0.4, 0.5) is 0 Å². The third-order valence-corrected chi connectivity index (χ3v) is 3.79. The van der Waals surface area contributed by atoms with Crippen LogP contribution in [0.3, 0.4) is 0 Å². The van der Waals surface area contributed by atoms with Crippen molar-refractivity contribution in [3.05, 3.63) is 36.5 Å². The molecule has 2 nitrogen and oxygen atoms in total. The van der Waals surface area contributed by atoms with Gasteiger partial charge in [-0.25, -0.2) is 0 Å². The second kappa shape index (κ2) is 5.65. The zero-order chi connectivity index (χ0) is 12.9. The van der Waals surface area contributed by atoms with Crippen LogP contribution < -0.4 is 5.73 Å². The minimum absolute atomic E-state index is 0.130. The Morgan fingerprint density at radius 2 is 2.12 bits per heavy atom. The third-order valence-electron chi connectivity index (χ3n) is 3.79. The van der Waals surface area contributed by atoms with Crippen molar-refractivity contribution in [2.24, 2.45) is 11.1 Å². The van der Waals surface area contributed by atoms with Crippen LogP contribution >= 0.6 is 0 Å². The molecule has 1 saturated carbocycles. The van der Waals surface area contributed by atoms with E-state index in [0.717, 1.165) is 31.3 Å². The highest BCUT2D eigenvalue weighted by atomic mass is 16.3. The number of aliphatic hydroxyl groups is 1. The number of hydrogen-bond acceptors (Lipinski definition) is 2. The Morgan fingerprint density at radius 1 is 1.47 bits per heavy atom. The van der Waals surface area contributed by atoms with E-state index in [-0.39, 0.29) is 5.41 Å². The Hall–Kier alpha value is -0.860. The molecule has 0 saturated heterocycles. The second-order valence-electron chi connectivity index (χ2n) is 5.47. The Morgan fingerprint density at radius 3 is 2.59 bits per heavy atom. The van der Waals surface area contributed by atoms with Crippen LogP contribution in [0.15, 0.2) is 36.5 Å². The molecule has 0 heterocycles. The smallest absolute Gasteiger partial charge is 0.0715 e. The van der Waals surface area contributed by atoms with E-state index in [1.54, 1.807) is 0 Å². The highest BCUT2D eigenvalue weighted by Gasteiger charge is 2.54. The molecule has 0 aromatic rings. The maximum absolute atomic E-state index is 10.2. The first-order valence-corrected chi connectivity index (χ1v) is 6.35. The first-order chi connectivity index (χ1) is 7.93. The molecule has 1 rings (SSSR count). The summed E-state index contributed by atoms with van der Waals surface area (Å²) in [6.07, 6.45) is 11.8. The maximum atomic E-state index is 10.2. The van der Waals surface area contributed by atoms with E-state index in [0.29, 0.717) is 6.54 Å². The quantitative estimate of drug-likeness (QED) is 0.666. The monoisotopic (exact) mass is 235 g/mol.